The fourth-order valence-corrected chi connectivity index (χ4v) is 0.637. The van der Waals surface area contributed by atoms with Gasteiger partial charge in [0.1, 0.15) is 0 Å². The van der Waals surface area contributed by atoms with Gasteiger partial charge in [-0.2, -0.15) is 0 Å². The number of aliphatic carboxylic acids is 1. The number of hydrogen-bond acceptors (Lipinski definition) is 4. The van der Waals surface area contributed by atoms with E-state index < -0.39 is 24.7 Å². The van der Waals surface area contributed by atoms with Crippen LogP contribution in [0.3, 0.4) is 0 Å². The van der Waals surface area contributed by atoms with E-state index in [9.17, 15) is 9.59 Å². The lowest BCUT2D eigenvalue weighted by Gasteiger charge is -2.19. The molecular formula is C5H10N2O5. The van der Waals surface area contributed by atoms with Crippen molar-refractivity contribution >= 4 is 12.1 Å². The Hall–Kier alpha value is -1.34. The normalized spacial score (nSPS) is 12.2. The Morgan fingerprint density at radius 2 is 1.92 bits per heavy atom. The van der Waals surface area contributed by atoms with Gasteiger partial charge in [-0.05, 0) is 0 Å². The number of nitrogens with zero attached hydrogens (tertiary/aromatic N) is 1. The molecule has 12 heavy (non-hydrogen) atoms. The molecule has 0 radical (unpaired) electrons. The minimum absolute atomic E-state index is 0.151. The summed E-state index contributed by atoms with van der Waals surface area (Å²) >= 11 is 0. The molecule has 0 heterocycles. The molecule has 0 unspecified atom stereocenters. The van der Waals surface area contributed by atoms with Crippen molar-refractivity contribution in [1.29, 1.82) is 0 Å². The molecule has 0 bridgehead atoms. The minimum atomic E-state index is -1.55. The van der Waals surface area contributed by atoms with Gasteiger partial charge >= 0.3 is 12.1 Å². The van der Waals surface area contributed by atoms with Gasteiger partial charge < -0.3 is 15.3 Å². The number of hydrogen-bond donors (Lipinski definition) is 4. The van der Waals surface area contributed by atoms with E-state index in [2.05, 4.69) is 0 Å². The van der Waals surface area contributed by atoms with E-state index in [-0.39, 0.29) is 11.4 Å². The van der Waals surface area contributed by atoms with Gasteiger partial charge in [-0.25, -0.2) is 20.4 Å². The first-order chi connectivity index (χ1) is 5.50. The van der Waals surface area contributed by atoms with Crippen molar-refractivity contribution in [2.75, 3.05) is 6.61 Å². The maximum Gasteiger partial charge on any atom is 0.422 e. The van der Waals surface area contributed by atoms with Gasteiger partial charge in [0.15, 0.2) is 6.04 Å². The predicted molar refractivity (Wildman–Crippen MR) is 37.2 cm³/mol. The summed E-state index contributed by atoms with van der Waals surface area (Å²) in [7, 11) is 0. The summed E-state index contributed by atoms with van der Waals surface area (Å²) in [6.45, 7) is -0.433. The number of nitrogens with two attached hydrogens (primary N) is 1. The van der Waals surface area contributed by atoms with Crippen LogP contribution in [0.4, 0.5) is 4.79 Å². The molecule has 0 saturated carbocycles. The zero-order chi connectivity index (χ0) is 9.72. The van der Waals surface area contributed by atoms with Crippen molar-refractivity contribution in [3.8, 4) is 0 Å². The second-order valence-corrected chi connectivity index (χ2v) is 2.06. The fourth-order valence-electron chi connectivity index (χ4n) is 0.637. The Kier molecular flexibility index (Phi) is 4.02. The number of carboxylic acid groups (broad SMARTS) is 2. The molecule has 70 valence electrons. The number of carbonyl (C=O) groups is 2. The molecule has 0 spiro atoms. The van der Waals surface area contributed by atoms with Crippen molar-refractivity contribution in [2.45, 2.75) is 12.5 Å². The lowest BCUT2D eigenvalue weighted by atomic mass is 10.2. The van der Waals surface area contributed by atoms with Crippen LogP contribution < -0.4 is 5.84 Å². The predicted octanol–water partition coefficient (Wildman–Crippen LogP) is -1.32. The molecule has 0 aliphatic heterocycles. The monoisotopic (exact) mass is 178 g/mol. The summed E-state index contributed by atoms with van der Waals surface area (Å²) < 4.78 is 0. The number of carboxylic acids is 1. The molecule has 0 fully saturated rings. The highest BCUT2D eigenvalue weighted by atomic mass is 16.4. The molecule has 0 aliphatic carbocycles. The third kappa shape index (κ3) is 2.72. The molecule has 1 amide bonds. The minimum Gasteiger partial charge on any atom is -0.480 e. The Morgan fingerprint density at radius 3 is 2.17 bits per heavy atom. The standard InChI is InChI=1S/C5H10N2O5/c6-7(5(11)12)3(1-2-8)4(9)10/h3,8H,1-2,6H2,(H,9,10)(H,11,12)/t3-/m0/s1. The molecule has 0 rings (SSSR count). The van der Waals surface area contributed by atoms with Crippen molar-refractivity contribution in [1.82, 2.24) is 5.01 Å². The van der Waals surface area contributed by atoms with Gasteiger partial charge in [0.05, 0.1) is 0 Å². The van der Waals surface area contributed by atoms with E-state index in [0.717, 1.165) is 0 Å². The lowest BCUT2D eigenvalue weighted by Crippen LogP contribution is -2.49. The van der Waals surface area contributed by atoms with E-state index in [1.54, 1.807) is 0 Å². The van der Waals surface area contributed by atoms with E-state index in [1.807, 2.05) is 0 Å². The van der Waals surface area contributed by atoms with Crippen molar-refractivity contribution < 1.29 is 24.9 Å². The highest BCUT2D eigenvalue weighted by Crippen LogP contribution is 1.99. The molecular weight excluding hydrogens is 168 g/mol. The lowest BCUT2D eigenvalue weighted by molar-refractivity contribution is -0.143. The topological polar surface area (TPSA) is 124 Å². The van der Waals surface area contributed by atoms with Crippen LogP contribution in [0.15, 0.2) is 0 Å². The maximum absolute atomic E-state index is 10.3. The van der Waals surface area contributed by atoms with Crippen LogP contribution >= 0.6 is 0 Å². The van der Waals surface area contributed by atoms with Gasteiger partial charge in [-0.15, -0.1) is 0 Å². The molecule has 0 aromatic rings. The number of hydrazine groups is 1. The third-order valence-electron chi connectivity index (χ3n) is 1.24. The van der Waals surface area contributed by atoms with Crippen LogP contribution in [0.25, 0.3) is 0 Å². The molecule has 1 atom stereocenters. The van der Waals surface area contributed by atoms with Gasteiger partial charge in [0.25, 0.3) is 0 Å². The average molecular weight is 178 g/mol. The summed E-state index contributed by atoms with van der Waals surface area (Å²) in [5.74, 6) is 3.51. The molecule has 0 aromatic heterocycles. The van der Waals surface area contributed by atoms with Crippen LogP contribution in [0.1, 0.15) is 6.42 Å². The highest BCUT2D eigenvalue weighted by Gasteiger charge is 2.26. The van der Waals surface area contributed by atoms with Gasteiger partial charge in [-0.1, -0.05) is 0 Å². The first kappa shape index (κ1) is 10.7. The Labute approximate surface area is 68.0 Å². The van der Waals surface area contributed by atoms with Crippen molar-refractivity contribution in [2.24, 2.45) is 5.84 Å². The number of aliphatic hydroxyl groups is 1. The number of rotatable bonds is 4. The van der Waals surface area contributed by atoms with E-state index in [1.165, 1.54) is 0 Å². The summed E-state index contributed by atoms with van der Waals surface area (Å²) in [6, 6.07) is -1.40. The summed E-state index contributed by atoms with van der Waals surface area (Å²) in [4.78, 5) is 20.5. The average Bonchev–Trinajstić information content (AvgIpc) is 1.98. The molecule has 5 N–H and O–H groups in total. The first-order valence-electron chi connectivity index (χ1n) is 3.11. The molecule has 7 heteroatoms. The fraction of sp³-hybridized carbons (Fsp3) is 0.600. The second kappa shape index (κ2) is 4.52. The van der Waals surface area contributed by atoms with Crippen LogP contribution in [0.5, 0.6) is 0 Å². The molecule has 0 aliphatic rings. The summed E-state index contributed by atoms with van der Waals surface area (Å²) in [5.41, 5.74) is 0. The zero-order valence-electron chi connectivity index (χ0n) is 6.17. The Balaban J connectivity index is 4.28. The SMILES string of the molecule is NN(C(=O)O)[C@@H](CCO)C(=O)O. The third-order valence-corrected chi connectivity index (χ3v) is 1.24. The zero-order valence-corrected chi connectivity index (χ0v) is 6.17. The maximum atomic E-state index is 10.3. The second-order valence-electron chi connectivity index (χ2n) is 2.06. The number of aliphatic hydroxyl groups excluding tert-OH is 1. The van der Waals surface area contributed by atoms with Crippen LogP contribution in [-0.4, -0.2) is 45.0 Å². The highest BCUT2D eigenvalue weighted by molar-refractivity contribution is 5.78. The van der Waals surface area contributed by atoms with E-state index in [4.69, 9.17) is 21.2 Å². The number of amides is 1. The summed E-state index contributed by atoms with van der Waals surface area (Å²) in [5, 5.41) is 25.2. The quantitative estimate of drug-likeness (QED) is 0.240. The Morgan fingerprint density at radius 1 is 1.42 bits per heavy atom. The molecule has 7 nitrogen and oxygen atoms in total. The summed E-state index contributed by atoms with van der Waals surface area (Å²) in [6.07, 6.45) is -1.77. The van der Waals surface area contributed by atoms with Crippen LogP contribution in [-0.2, 0) is 4.79 Å². The van der Waals surface area contributed by atoms with E-state index >= 15 is 0 Å². The largest absolute Gasteiger partial charge is 0.480 e. The molecule has 0 saturated heterocycles. The Bertz CT molecular complexity index is 183. The first-order valence-corrected chi connectivity index (χ1v) is 3.11. The van der Waals surface area contributed by atoms with Gasteiger partial charge in [0.2, 0.25) is 0 Å². The molecule has 0 aromatic carbocycles. The van der Waals surface area contributed by atoms with Gasteiger partial charge in [0, 0.05) is 13.0 Å². The van der Waals surface area contributed by atoms with E-state index in [0.29, 0.717) is 0 Å². The van der Waals surface area contributed by atoms with Crippen LogP contribution in [0, 0.1) is 0 Å². The van der Waals surface area contributed by atoms with Gasteiger partial charge in [-0.3, -0.25) is 0 Å². The smallest absolute Gasteiger partial charge is 0.422 e. The van der Waals surface area contributed by atoms with Crippen LogP contribution in [0.2, 0.25) is 0 Å². The van der Waals surface area contributed by atoms with Crippen molar-refractivity contribution in [3.63, 3.8) is 0 Å². The van der Waals surface area contributed by atoms with Crippen molar-refractivity contribution in [3.05, 3.63) is 0 Å².